The van der Waals surface area contributed by atoms with Crippen molar-refractivity contribution in [1.29, 1.82) is 0 Å². The number of para-hydroxylation sites is 1. The highest BCUT2D eigenvalue weighted by molar-refractivity contribution is 5.91. The molecule has 0 spiro atoms. The fourth-order valence-corrected chi connectivity index (χ4v) is 2.30. The number of rotatable bonds is 7. The van der Waals surface area contributed by atoms with Crippen molar-refractivity contribution < 1.29 is 14.7 Å². The van der Waals surface area contributed by atoms with Crippen molar-refractivity contribution >= 4 is 22.8 Å². The van der Waals surface area contributed by atoms with Crippen LogP contribution in [0.4, 0.5) is 0 Å². The molecule has 1 heterocycles. The van der Waals surface area contributed by atoms with Crippen molar-refractivity contribution in [3.63, 3.8) is 0 Å². The van der Waals surface area contributed by atoms with Gasteiger partial charge in [-0.05, 0) is 24.1 Å². The van der Waals surface area contributed by atoms with Crippen molar-refractivity contribution in [3.05, 3.63) is 48.2 Å². The van der Waals surface area contributed by atoms with Crippen molar-refractivity contribution in [2.45, 2.75) is 32.2 Å². The number of aromatic amines is 1. The van der Waals surface area contributed by atoms with Crippen molar-refractivity contribution in [1.82, 2.24) is 10.3 Å². The number of unbranched alkanes of at least 4 members (excludes halogenated alkanes) is 1. The number of aromatic nitrogens is 1. The highest BCUT2D eigenvalue weighted by Gasteiger charge is 2.20. The van der Waals surface area contributed by atoms with Crippen LogP contribution in [0.3, 0.4) is 0 Å². The van der Waals surface area contributed by atoms with Crippen LogP contribution in [0.15, 0.2) is 42.6 Å². The van der Waals surface area contributed by atoms with Gasteiger partial charge in [-0.2, -0.15) is 0 Å². The number of carbonyl (C=O) groups is 2. The molecule has 0 radical (unpaired) electrons. The summed E-state index contributed by atoms with van der Waals surface area (Å²) in [5, 5.41) is 12.8. The van der Waals surface area contributed by atoms with E-state index in [9.17, 15) is 14.7 Å². The van der Waals surface area contributed by atoms with Crippen molar-refractivity contribution in [2.24, 2.45) is 0 Å². The van der Waals surface area contributed by atoms with Crippen molar-refractivity contribution in [2.75, 3.05) is 0 Å². The Morgan fingerprint density at radius 2 is 2.14 bits per heavy atom. The smallest absolute Gasteiger partial charge is 0.326 e. The molecule has 0 aliphatic heterocycles. The summed E-state index contributed by atoms with van der Waals surface area (Å²) in [6.07, 6.45) is 6.93. The zero-order valence-corrected chi connectivity index (χ0v) is 12.5. The lowest BCUT2D eigenvalue weighted by molar-refractivity contribution is -0.141. The SMILES string of the molecule is CCCC=CC(=O)N[C@@H](Cc1c[nH]c2ccccc12)C(=O)O. The van der Waals surface area contributed by atoms with Gasteiger partial charge in [-0.15, -0.1) is 0 Å². The summed E-state index contributed by atoms with van der Waals surface area (Å²) in [6, 6.07) is 6.74. The first-order valence-electron chi connectivity index (χ1n) is 7.36. The molecule has 22 heavy (non-hydrogen) atoms. The average molecular weight is 300 g/mol. The van der Waals surface area contributed by atoms with Crippen LogP contribution in [0, 0.1) is 0 Å². The van der Waals surface area contributed by atoms with E-state index >= 15 is 0 Å². The van der Waals surface area contributed by atoms with Crippen LogP contribution in [-0.2, 0) is 16.0 Å². The van der Waals surface area contributed by atoms with E-state index in [1.807, 2.05) is 31.2 Å². The predicted molar refractivity (Wildman–Crippen MR) is 85.6 cm³/mol. The highest BCUT2D eigenvalue weighted by Crippen LogP contribution is 2.19. The molecule has 2 aromatic rings. The van der Waals surface area contributed by atoms with Gasteiger partial charge in [0, 0.05) is 23.5 Å². The number of hydrogen-bond acceptors (Lipinski definition) is 2. The highest BCUT2D eigenvalue weighted by atomic mass is 16.4. The third-order valence-electron chi connectivity index (χ3n) is 3.44. The minimum Gasteiger partial charge on any atom is -0.480 e. The van der Waals surface area contributed by atoms with E-state index in [2.05, 4.69) is 10.3 Å². The Morgan fingerprint density at radius 1 is 1.36 bits per heavy atom. The molecular formula is C17H20N2O3. The summed E-state index contributed by atoms with van der Waals surface area (Å²) in [7, 11) is 0. The zero-order valence-electron chi connectivity index (χ0n) is 12.5. The number of carbonyl (C=O) groups excluding carboxylic acids is 1. The third-order valence-corrected chi connectivity index (χ3v) is 3.44. The van der Waals surface area contributed by atoms with Gasteiger partial charge in [-0.3, -0.25) is 4.79 Å². The molecule has 5 nitrogen and oxygen atoms in total. The Morgan fingerprint density at radius 3 is 2.86 bits per heavy atom. The van der Waals surface area contributed by atoms with Crippen LogP contribution in [0.2, 0.25) is 0 Å². The summed E-state index contributed by atoms with van der Waals surface area (Å²) in [5.74, 6) is -1.41. The molecule has 1 atom stereocenters. The number of nitrogens with one attached hydrogen (secondary N) is 2. The second-order valence-corrected chi connectivity index (χ2v) is 5.15. The van der Waals surface area contributed by atoms with E-state index in [1.165, 1.54) is 6.08 Å². The molecule has 1 aromatic carbocycles. The fraction of sp³-hybridized carbons (Fsp3) is 0.294. The quantitative estimate of drug-likeness (QED) is 0.687. The van der Waals surface area contributed by atoms with E-state index in [0.717, 1.165) is 29.3 Å². The van der Waals surface area contributed by atoms with E-state index in [1.54, 1.807) is 12.3 Å². The predicted octanol–water partition coefficient (Wildman–Crippen LogP) is 2.64. The van der Waals surface area contributed by atoms with Crippen LogP contribution < -0.4 is 5.32 Å². The Kier molecular flexibility index (Phi) is 5.36. The Balaban J connectivity index is 2.09. The van der Waals surface area contributed by atoms with Gasteiger partial charge in [0.2, 0.25) is 5.91 Å². The maximum Gasteiger partial charge on any atom is 0.326 e. The standard InChI is InChI=1S/C17H20N2O3/c1-2-3-4-9-16(20)19-15(17(21)22)10-12-11-18-14-8-6-5-7-13(12)14/h4-9,11,15,18H,2-3,10H2,1H3,(H,19,20)(H,21,22)/t15-/m0/s1. The molecule has 5 heteroatoms. The monoisotopic (exact) mass is 300 g/mol. The number of amides is 1. The number of carboxylic acids is 1. The zero-order chi connectivity index (χ0) is 15.9. The molecule has 0 fully saturated rings. The topological polar surface area (TPSA) is 82.2 Å². The van der Waals surface area contributed by atoms with Crippen LogP contribution in [0.5, 0.6) is 0 Å². The van der Waals surface area contributed by atoms with E-state index < -0.39 is 12.0 Å². The molecule has 2 rings (SSSR count). The van der Waals surface area contributed by atoms with Crippen LogP contribution in [0.1, 0.15) is 25.3 Å². The number of hydrogen-bond donors (Lipinski definition) is 3. The van der Waals surface area contributed by atoms with Gasteiger partial charge in [-0.1, -0.05) is 37.6 Å². The molecule has 1 aromatic heterocycles. The van der Waals surface area contributed by atoms with Crippen LogP contribution in [-0.4, -0.2) is 28.0 Å². The molecule has 0 saturated carbocycles. The number of aliphatic carboxylic acids is 1. The molecule has 0 bridgehead atoms. The number of carboxylic acid groups (broad SMARTS) is 1. The van der Waals surface area contributed by atoms with Gasteiger partial charge in [-0.25, -0.2) is 4.79 Å². The van der Waals surface area contributed by atoms with Gasteiger partial charge in [0.25, 0.3) is 0 Å². The molecule has 0 aliphatic rings. The first-order valence-corrected chi connectivity index (χ1v) is 7.36. The third kappa shape index (κ3) is 3.97. The largest absolute Gasteiger partial charge is 0.480 e. The number of fused-ring (bicyclic) bond motifs is 1. The van der Waals surface area contributed by atoms with Crippen LogP contribution >= 0.6 is 0 Å². The van der Waals surface area contributed by atoms with E-state index in [0.29, 0.717) is 0 Å². The fourth-order valence-electron chi connectivity index (χ4n) is 2.30. The van der Waals surface area contributed by atoms with E-state index in [4.69, 9.17) is 0 Å². The van der Waals surface area contributed by atoms with Gasteiger partial charge in [0.15, 0.2) is 0 Å². The maximum absolute atomic E-state index is 11.8. The molecule has 116 valence electrons. The summed E-state index contributed by atoms with van der Waals surface area (Å²) in [4.78, 5) is 26.2. The second-order valence-electron chi connectivity index (χ2n) is 5.15. The summed E-state index contributed by atoms with van der Waals surface area (Å²) < 4.78 is 0. The molecule has 0 aliphatic carbocycles. The summed E-state index contributed by atoms with van der Waals surface area (Å²) >= 11 is 0. The van der Waals surface area contributed by atoms with Gasteiger partial charge in [0.1, 0.15) is 6.04 Å². The van der Waals surface area contributed by atoms with Gasteiger partial charge < -0.3 is 15.4 Å². The van der Waals surface area contributed by atoms with E-state index in [-0.39, 0.29) is 12.3 Å². The number of benzene rings is 1. The first-order chi connectivity index (χ1) is 10.6. The Bertz CT molecular complexity index is 688. The van der Waals surface area contributed by atoms with Gasteiger partial charge >= 0.3 is 5.97 Å². The normalized spacial score (nSPS) is 12.6. The second kappa shape index (κ2) is 7.45. The Labute approximate surface area is 129 Å². The van der Waals surface area contributed by atoms with Gasteiger partial charge in [0.05, 0.1) is 0 Å². The maximum atomic E-state index is 11.8. The molecule has 1 amide bonds. The lowest BCUT2D eigenvalue weighted by Gasteiger charge is -2.12. The Hall–Kier alpha value is -2.56. The summed E-state index contributed by atoms with van der Waals surface area (Å²) in [5.41, 5.74) is 1.83. The summed E-state index contributed by atoms with van der Waals surface area (Å²) in [6.45, 7) is 2.01. The van der Waals surface area contributed by atoms with Crippen molar-refractivity contribution in [3.8, 4) is 0 Å². The minimum absolute atomic E-state index is 0.243. The number of allylic oxidation sites excluding steroid dienone is 1. The molecule has 0 saturated heterocycles. The molecule has 3 N–H and O–H groups in total. The number of H-pyrrole nitrogens is 1. The van der Waals surface area contributed by atoms with Crippen LogP contribution in [0.25, 0.3) is 10.9 Å². The lowest BCUT2D eigenvalue weighted by Crippen LogP contribution is -2.41. The molecule has 0 unspecified atom stereocenters. The minimum atomic E-state index is -1.04. The average Bonchev–Trinajstić information content (AvgIpc) is 2.90. The lowest BCUT2D eigenvalue weighted by atomic mass is 10.0. The molecular weight excluding hydrogens is 280 g/mol. The first kappa shape index (κ1) is 15.8.